The third-order valence-corrected chi connectivity index (χ3v) is 9.99. The first-order valence-electron chi connectivity index (χ1n) is 9.73. The maximum atomic E-state index is 13.2. The third kappa shape index (κ3) is 4.32. The second-order valence-electron chi connectivity index (χ2n) is 7.16. The summed E-state index contributed by atoms with van der Waals surface area (Å²) < 4.78 is 68.9. The number of halogens is 1. The summed E-state index contributed by atoms with van der Waals surface area (Å²) in [5, 5.41) is 0. The van der Waals surface area contributed by atoms with Crippen LogP contribution in [-0.4, -0.2) is 23.4 Å². The van der Waals surface area contributed by atoms with Gasteiger partial charge in [-0.05, 0) is 79.4 Å². The standard InChI is InChI=1S/C21H21FN2O4S3/c1-2-18-8-12-21(29-18)30(25,26)23-17-7-11-20-15(14-17)4-3-13-24(20)31(27,28)19-9-5-16(22)6-10-19/h5-12,14,23H,2-4,13H2,1H3. The molecule has 10 heteroatoms. The first-order valence-corrected chi connectivity index (χ1v) is 13.5. The molecule has 164 valence electrons. The highest BCUT2D eigenvalue weighted by atomic mass is 32.2. The molecule has 0 bridgehead atoms. The number of benzene rings is 2. The summed E-state index contributed by atoms with van der Waals surface area (Å²) in [6.45, 7) is 2.26. The zero-order valence-electron chi connectivity index (χ0n) is 16.7. The fraction of sp³-hybridized carbons (Fsp3) is 0.238. The molecule has 1 aliphatic rings. The van der Waals surface area contributed by atoms with Crippen LogP contribution in [0.2, 0.25) is 0 Å². The topological polar surface area (TPSA) is 83.6 Å². The molecule has 2 aromatic carbocycles. The van der Waals surface area contributed by atoms with E-state index in [2.05, 4.69) is 4.72 Å². The van der Waals surface area contributed by atoms with Crippen molar-refractivity contribution in [1.29, 1.82) is 0 Å². The number of sulfonamides is 2. The van der Waals surface area contributed by atoms with Crippen LogP contribution < -0.4 is 9.03 Å². The highest BCUT2D eigenvalue weighted by Gasteiger charge is 2.29. The summed E-state index contributed by atoms with van der Waals surface area (Å²) in [6.07, 6.45) is 1.98. The first kappa shape index (κ1) is 21.8. The molecule has 0 fully saturated rings. The molecular formula is C21H21FN2O4S3. The second kappa shape index (κ2) is 8.25. The van der Waals surface area contributed by atoms with Crippen molar-refractivity contribution < 1.29 is 21.2 Å². The average Bonchev–Trinajstić information content (AvgIpc) is 3.23. The number of thiophene rings is 1. The minimum Gasteiger partial charge on any atom is -0.279 e. The zero-order chi connectivity index (χ0) is 22.2. The van der Waals surface area contributed by atoms with Gasteiger partial charge in [-0.15, -0.1) is 11.3 Å². The maximum Gasteiger partial charge on any atom is 0.271 e. The molecule has 0 aliphatic carbocycles. The minimum atomic E-state index is -3.85. The second-order valence-corrected chi connectivity index (χ2v) is 12.1. The van der Waals surface area contributed by atoms with Crippen LogP contribution in [0.3, 0.4) is 0 Å². The quantitative estimate of drug-likeness (QED) is 0.567. The Labute approximate surface area is 185 Å². The van der Waals surface area contributed by atoms with Crippen LogP contribution in [0, 0.1) is 5.82 Å². The Hall–Kier alpha value is -2.43. The van der Waals surface area contributed by atoms with E-state index in [1.807, 2.05) is 6.92 Å². The van der Waals surface area contributed by atoms with Crippen molar-refractivity contribution in [2.45, 2.75) is 35.3 Å². The van der Waals surface area contributed by atoms with Crippen LogP contribution >= 0.6 is 11.3 Å². The Morgan fingerprint density at radius 3 is 2.45 bits per heavy atom. The molecule has 2 heterocycles. The lowest BCUT2D eigenvalue weighted by molar-refractivity contribution is 0.585. The van der Waals surface area contributed by atoms with Crippen molar-refractivity contribution in [3.8, 4) is 0 Å². The number of fused-ring (bicyclic) bond motifs is 1. The summed E-state index contributed by atoms with van der Waals surface area (Å²) in [5.41, 5.74) is 1.62. The van der Waals surface area contributed by atoms with Gasteiger partial charge in [0.05, 0.1) is 10.6 Å². The molecule has 0 amide bonds. The van der Waals surface area contributed by atoms with E-state index in [-0.39, 0.29) is 9.10 Å². The van der Waals surface area contributed by atoms with Gasteiger partial charge in [0, 0.05) is 17.1 Å². The van der Waals surface area contributed by atoms with Gasteiger partial charge in [0.2, 0.25) is 0 Å². The Morgan fingerprint density at radius 1 is 1.03 bits per heavy atom. The number of nitrogens with one attached hydrogen (secondary N) is 1. The Bertz CT molecular complexity index is 1320. The summed E-state index contributed by atoms with van der Waals surface area (Å²) in [5.74, 6) is -0.508. The van der Waals surface area contributed by atoms with Gasteiger partial charge in [0.25, 0.3) is 20.0 Å². The van der Waals surface area contributed by atoms with E-state index < -0.39 is 25.9 Å². The molecule has 0 unspecified atom stereocenters. The van der Waals surface area contributed by atoms with Crippen LogP contribution in [0.15, 0.2) is 63.7 Å². The van der Waals surface area contributed by atoms with E-state index in [0.717, 1.165) is 29.0 Å². The Morgan fingerprint density at radius 2 is 1.77 bits per heavy atom. The van der Waals surface area contributed by atoms with E-state index in [0.29, 0.717) is 30.8 Å². The molecule has 31 heavy (non-hydrogen) atoms. The highest BCUT2D eigenvalue weighted by Crippen LogP contribution is 2.34. The van der Waals surface area contributed by atoms with Crippen molar-refractivity contribution in [2.75, 3.05) is 15.6 Å². The van der Waals surface area contributed by atoms with Gasteiger partial charge in [-0.3, -0.25) is 9.03 Å². The molecule has 0 radical (unpaired) electrons. The van der Waals surface area contributed by atoms with Crippen molar-refractivity contribution in [1.82, 2.24) is 0 Å². The average molecular weight is 481 g/mol. The van der Waals surface area contributed by atoms with Crippen LogP contribution in [-0.2, 0) is 32.9 Å². The predicted molar refractivity (Wildman–Crippen MR) is 120 cm³/mol. The van der Waals surface area contributed by atoms with Crippen molar-refractivity contribution in [2.24, 2.45) is 0 Å². The van der Waals surface area contributed by atoms with E-state index >= 15 is 0 Å². The van der Waals surface area contributed by atoms with Crippen molar-refractivity contribution in [3.63, 3.8) is 0 Å². The fourth-order valence-corrected chi connectivity index (χ4v) is 7.39. The van der Waals surface area contributed by atoms with Gasteiger partial charge in [-0.2, -0.15) is 0 Å². The van der Waals surface area contributed by atoms with Gasteiger partial charge < -0.3 is 0 Å². The number of aryl methyl sites for hydroxylation is 2. The van der Waals surface area contributed by atoms with Gasteiger partial charge >= 0.3 is 0 Å². The molecule has 0 spiro atoms. The molecule has 0 saturated carbocycles. The fourth-order valence-electron chi connectivity index (χ4n) is 3.51. The monoisotopic (exact) mass is 480 g/mol. The Kier molecular flexibility index (Phi) is 5.80. The minimum absolute atomic E-state index is 0.0101. The van der Waals surface area contributed by atoms with Crippen LogP contribution in [0.4, 0.5) is 15.8 Å². The lowest BCUT2D eigenvalue weighted by Gasteiger charge is -2.31. The smallest absolute Gasteiger partial charge is 0.271 e. The predicted octanol–water partition coefficient (Wildman–Crippen LogP) is 4.39. The van der Waals surface area contributed by atoms with Crippen LogP contribution in [0.1, 0.15) is 23.8 Å². The number of anilines is 2. The number of hydrogen-bond donors (Lipinski definition) is 1. The van der Waals surface area contributed by atoms with Gasteiger partial charge in [0.1, 0.15) is 10.0 Å². The number of hydrogen-bond acceptors (Lipinski definition) is 5. The summed E-state index contributed by atoms with van der Waals surface area (Å²) in [7, 11) is -7.57. The number of nitrogens with zero attached hydrogens (tertiary/aromatic N) is 1. The maximum absolute atomic E-state index is 13.2. The summed E-state index contributed by atoms with van der Waals surface area (Å²) in [4.78, 5) is 0.989. The third-order valence-electron chi connectivity index (χ3n) is 5.06. The molecule has 1 N–H and O–H groups in total. The van der Waals surface area contributed by atoms with Crippen LogP contribution in [0.25, 0.3) is 0 Å². The summed E-state index contributed by atoms with van der Waals surface area (Å²) in [6, 6.07) is 12.9. The van der Waals surface area contributed by atoms with Crippen molar-refractivity contribution >= 4 is 42.8 Å². The van der Waals surface area contributed by atoms with E-state index in [9.17, 15) is 21.2 Å². The van der Waals surface area contributed by atoms with Crippen molar-refractivity contribution in [3.05, 3.63) is 70.9 Å². The molecule has 1 aromatic heterocycles. The van der Waals surface area contributed by atoms with Crippen LogP contribution in [0.5, 0.6) is 0 Å². The summed E-state index contributed by atoms with van der Waals surface area (Å²) >= 11 is 1.23. The first-order chi connectivity index (χ1) is 14.7. The lowest BCUT2D eigenvalue weighted by Crippen LogP contribution is -2.35. The highest BCUT2D eigenvalue weighted by molar-refractivity contribution is 7.94. The molecule has 1 aliphatic heterocycles. The normalized spacial score (nSPS) is 14.3. The van der Waals surface area contributed by atoms with Gasteiger partial charge in [-0.25, -0.2) is 21.2 Å². The van der Waals surface area contributed by atoms with E-state index in [1.54, 1.807) is 30.3 Å². The molecule has 0 saturated heterocycles. The van der Waals surface area contributed by atoms with Gasteiger partial charge in [0.15, 0.2) is 0 Å². The molecule has 4 rings (SSSR count). The molecule has 6 nitrogen and oxygen atoms in total. The Balaban J connectivity index is 1.63. The molecule has 0 atom stereocenters. The van der Waals surface area contributed by atoms with Gasteiger partial charge in [-0.1, -0.05) is 6.92 Å². The SMILES string of the molecule is CCc1ccc(S(=O)(=O)Nc2ccc3c(c2)CCCN3S(=O)(=O)c2ccc(F)cc2)s1. The van der Waals surface area contributed by atoms with E-state index in [4.69, 9.17) is 0 Å². The lowest BCUT2D eigenvalue weighted by atomic mass is 10.0. The zero-order valence-corrected chi connectivity index (χ0v) is 19.2. The molecule has 3 aromatic rings. The number of rotatable bonds is 6. The largest absolute Gasteiger partial charge is 0.279 e. The van der Waals surface area contributed by atoms with E-state index in [1.165, 1.54) is 27.8 Å². The molecular weight excluding hydrogens is 459 g/mol.